The monoisotopic (exact) mass is 244 g/mol. The summed E-state index contributed by atoms with van der Waals surface area (Å²) in [5, 5.41) is 4.09. The number of carbonyl (C=O) groups is 1. The normalized spacial score (nSPS) is 10.3. The van der Waals surface area contributed by atoms with E-state index in [-0.39, 0.29) is 5.91 Å². The topological polar surface area (TPSA) is 64.2 Å². The summed E-state index contributed by atoms with van der Waals surface area (Å²) in [5.41, 5.74) is 7.83. The van der Waals surface area contributed by atoms with Crippen LogP contribution >= 0.6 is 0 Å². The zero-order chi connectivity index (χ0) is 13.1. The molecule has 0 aliphatic rings. The Morgan fingerprint density at radius 2 is 2.00 bits per heavy atom. The molecule has 1 aromatic carbocycles. The summed E-state index contributed by atoms with van der Waals surface area (Å²) in [6, 6.07) is 9.19. The fraction of sp³-hybridized carbons (Fsp3) is 0.231. The van der Waals surface area contributed by atoms with Gasteiger partial charge in [0.25, 0.3) is 5.91 Å². The molecule has 1 heterocycles. The first-order valence-corrected chi connectivity index (χ1v) is 5.66. The molecule has 18 heavy (non-hydrogen) atoms. The van der Waals surface area contributed by atoms with Gasteiger partial charge >= 0.3 is 0 Å². The Kier molecular flexibility index (Phi) is 3.32. The Morgan fingerprint density at radius 3 is 2.56 bits per heavy atom. The van der Waals surface area contributed by atoms with E-state index in [0.717, 1.165) is 11.3 Å². The van der Waals surface area contributed by atoms with Gasteiger partial charge in [0.05, 0.1) is 0 Å². The Labute approximate surface area is 106 Å². The number of anilines is 1. The molecule has 1 amide bonds. The van der Waals surface area contributed by atoms with Crippen molar-refractivity contribution in [1.82, 2.24) is 14.7 Å². The Morgan fingerprint density at radius 1 is 1.33 bits per heavy atom. The summed E-state index contributed by atoms with van der Waals surface area (Å²) in [6.45, 7) is 0.537. The van der Waals surface area contributed by atoms with Crippen molar-refractivity contribution >= 4 is 11.6 Å². The summed E-state index contributed by atoms with van der Waals surface area (Å²) >= 11 is 0. The highest BCUT2D eigenvalue weighted by Gasteiger charge is 2.14. The molecule has 2 aromatic rings. The number of nitrogens with zero attached hydrogens (tertiary/aromatic N) is 3. The van der Waals surface area contributed by atoms with Crippen molar-refractivity contribution in [2.75, 3.05) is 12.8 Å². The van der Waals surface area contributed by atoms with E-state index < -0.39 is 0 Å². The van der Waals surface area contributed by atoms with E-state index in [0.29, 0.717) is 12.2 Å². The van der Waals surface area contributed by atoms with Crippen LogP contribution in [0.1, 0.15) is 16.1 Å². The Bertz CT molecular complexity index is 544. The summed E-state index contributed by atoms with van der Waals surface area (Å²) in [5.74, 6) is -0.0903. The van der Waals surface area contributed by atoms with Crippen molar-refractivity contribution in [2.24, 2.45) is 7.05 Å². The number of benzene rings is 1. The highest BCUT2D eigenvalue weighted by Crippen LogP contribution is 2.09. The van der Waals surface area contributed by atoms with Gasteiger partial charge in [-0.1, -0.05) is 12.1 Å². The molecule has 5 nitrogen and oxygen atoms in total. The fourth-order valence-electron chi connectivity index (χ4n) is 1.69. The van der Waals surface area contributed by atoms with E-state index in [9.17, 15) is 4.79 Å². The van der Waals surface area contributed by atoms with Gasteiger partial charge < -0.3 is 10.6 Å². The number of amides is 1. The molecule has 0 aliphatic carbocycles. The van der Waals surface area contributed by atoms with E-state index >= 15 is 0 Å². The predicted octanol–water partition coefficient (Wildman–Crippen LogP) is 1.27. The Balaban J connectivity index is 2.05. The van der Waals surface area contributed by atoms with Gasteiger partial charge in [0, 0.05) is 32.5 Å². The average Bonchev–Trinajstić information content (AvgIpc) is 2.78. The second-order valence-electron chi connectivity index (χ2n) is 4.28. The van der Waals surface area contributed by atoms with Crippen LogP contribution in [-0.4, -0.2) is 27.6 Å². The quantitative estimate of drug-likeness (QED) is 0.827. The molecule has 0 bridgehead atoms. The maximum absolute atomic E-state index is 12.1. The highest BCUT2D eigenvalue weighted by molar-refractivity contribution is 5.91. The molecular weight excluding hydrogens is 228 g/mol. The molecule has 2 N–H and O–H groups in total. The first kappa shape index (κ1) is 12.2. The van der Waals surface area contributed by atoms with E-state index in [1.54, 1.807) is 35.9 Å². The lowest BCUT2D eigenvalue weighted by Gasteiger charge is -2.16. The van der Waals surface area contributed by atoms with Crippen molar-refractivity contribution in [2.45, 2.75) is 6.54 Å². The molecule has 0 fully saturated rings. The van der Waals surface area contributed by atoms with Gasteiger partial charge in [0.2, 0.25) is 0 Å². The van der Waals surface area contributed by atoms with Crippen LogP contribution in [0.15, 0.2) is 36.5 Å². The minimum absolute atomic E-state index is 0.0903. The molecule has 0 saturated heterocycles. The minimum Gasteiger partial charge on any atom is -0.399 e. The van der Waals surface area contributed by atoms with Crippen molar-refractivity contribution in [3.63, 3.8) is 0 Å². The zero-order valence-corrected chi connectivity index (χ0v) is 10.5. The van der Waals surface area contributed by atoms with Gasteiger partial charge in [-0.2, -0.15) is 5.10 Å². The number of nitrogen functional groups attached to an aromatic ring is 1. The van der Waals surface area contributed by atoms with E-state index in [4.69, 9.17) is 5.73 Å². The van der Waals surface area contributed by atoms with Crippen LogP contribution in [0.25, 0.3) is 0 Å². The molecule has 0 unspecified atom stereocenters. The van der Waals surface area contributed by atoms with Crippen molar-refractivity contribution < 1.29 is 4.79 Å². The third-order valence-electron chi connectivity index (χ3n) is 2.68. The first-order chi connectivity index (χ1) is 8.56. The van der Waals surface area contributed by atoms with Gasteiger partial charge in [-0.15, -0.1) is 0 Å². The molecule has 0 saturated carbocycles. The summed E-state index contributed by atoms with van der Waals surface area (Å²) in [6.07, 6.45) is 1.75. The van der Waals surface area contributed by atoms with Crippen molar-refractivity contribution in [1.29, 1.82) is 0 Å². The van der Waals surface area contributed by atoms with Crippen LogP contribution < -0.4 is 5.73 Å². The SMILES string of the molecule is CN(Cc1ccc(N)cc1)C(=O)c1ccn(C)n1. The van der Waals surface area contributed by atoms with Crippen LogP contribution in [0, 0.1) is 0 Å². The third-order valence-corrected chi connectivity index (χ3v) is 2.68. The molecular formula is C13H16N4O. The van der Waals surface area contributed by atoms with Gasteiger partial charge in [-0.05, 0) is 23.8 Å². The lowest BCUT2D eigenvalue weighted by molar-refractivity contribution is 0.0778. The lowest BCUT2D eigenvalue weighted by atomic mass is 10.2. The number of aromatic nitrogens is 2. The van der Waals surface area contributed by atoms with Gasteiger partial charge in [-0.3, -0.25) is 9.48 Å². The molecule has 0 atom stereocenters. The molecule has 2 rings (SSSR count). The molecule has 94 valence electrons. The maximum atomic E-state index is 12.1. The number of hydrogen-bond acceptors (Lipinski definition) is 3. The van der Waals surface area contributed by atoms with Crippen LogP contribution in [0.3, 0.4) is 0 Å². The predicted molar refractivity (Wildman–Crippen MR) is 69.9 cm³/mol. The summed E-state index contributed by atoms with van der Waals surface area (Å²) in [7, 11) is 3.55. The molecule has 5 heteroatoms. The van der Waals surface area contributed by atoms with Crippen LogP contribution in [0.5, 0.6) is 0 Å². The average molecular weight is 244 g/mol. The third kappa shape index (κ3) is 2.68. The molecule has 0 spiro atoms. The number of rotatable bonds is 3. The second kappa shape index (κ2) is 4.91. The van der Waals surface area contributed by atoms with Crippen LogP contribution in [-0.2, 0) is 13.6 Å². The number of aryl methyl sites for hydroxylation is 1. The van der Waals surface area contributed by atoms with Crippen molar-refractivity contribution in [3.05, 3.63) is 47.8 Å². The lowest BCUT2D eigenvalue weighted by Crippen LogP contribution is -2.26. The largest absolute Gasteiger partial charge is 0.399 e. The second-order valence-corrected chi connectivity index (χ2v) is 4.28. The van der Waals surface area contributed by atoms with Crippen molar-refractivity contribution in [3.8, 4) is 0 Å². The first-order valence-electron chi connectivity index (χ1n) is 5.66. The number of carbonyl (C=O) groups excluding carboxylic acids is 1. The number of hydrogen-bond donors (Lipinski definition) is 1. The summed E-state index contributed by atoms with van der Waals surface area (Å²) in [4.78, 5) is 13.7. The molecule has 0 aliphatic heterocycles. The number of nitrogens with two attached hydrogens (primary N) is 1. The van der Waals surface area contributed by atoms with E-state index in [1.807, 2.05) is 24.3 Å². The van der Waals surface area contributed by atoms with E-state index in [1.165, 1.54) is 0 Å². The van der Waals surface area contributed by atoms with Gasteiger partial charge in [-0.25, -0.2) is 0 Å². The molecule has 0 radical (unpaired) electrons. The van der Waals surface area contributed by atoms with Gasteiger partial charge in [0.15, 0.2) is 0 Å². The van der Waals surface area contributed by atoms with Crippen LogP contribution in [0.4, 0.5) is 5.69 Å². The van der Waals surface area contributed by atoms with Crippen LogP contribution in [0.2, 0.25) is 0 Å². The molecule has 1 aromatic heterocycles. The summed E-state index contributed by atoms with van der Waals surface area (Å²) < 4.78 is 1.62. The Hall–Kier alpha value is -2.30. The fourth-order valence-corrected chi connectivity index (χ4v) is 1.69. The van der Waals surface area contributed by atoms with E-state index in [2.05, 4.69) is 5.10 Å². The van der Waals surface area contributed by atoms with Gasteiger partial charge in [0.1, 0.15) is 5.69 Å². The maximum Gasteiger partial charge on any atom is 0.274 e. The smallest absolute Gasteiger partial charge is 0.274 e. The zero-order valence-electron chi connectivity index (χ0n) is 10.5. The standard InChI is InChI=1S/C13H16N4O/c1-16(9-10-3-5-11(14)6-4-10)13(18)12-7-8-17(2)15-12/h3-8H,9,14H2,1-2H3. The minimum atomic E-state index is -0.0903. The highest BCUT2D eigenvalue weighted by atomic mass is 16.2.